The number of amides is 2. The molecule has 0 aliphatic rings. The van der Waals surface area contributed by atoms with E-state index in [1.165, 1.54) is 25.7 Å². The molecule has 0 atom stereocenters. The van der Waals surface area contributed by atoms with Gasteiger partial charge >= 0.3 is 6.03 Å². The zero-order chi connectivity index (χ0) is 18.2. The lowest BCUT2D eigenvalue weighted by Gasteiger charge is -2.11. The summed E-state index contributed by atoms with van der Waals surface area (Å²) < 4.78 is 0. The first-order valence-corrected chi connectivity index (χ1v) is 9.47. The smallest absolute Gasteiger partial charge is 0.319 e. The summed E-state index contributed by atoms with van der Waals surface area (Å²) in [7, 11) is 0. The Labute approximate surface area is 154 Å². The van der Waals surface area contributed by atoms with Crippen molar-refractivity contribution in [3.8, 4) is 0 Å². The highest BCUT2D eigenvalue weighted by Crippen LogP contribution is 2.29. The Bertz CT molecular complexity index is 878. The Morgan fingerprint density at radius 2 is 1.69 bits per heavy atom. The molecule has 2 heterocycles. The largest absolute Gasteiger partial charge is 0.338 e. The van der Waals surface area contributed by atoms with Crippen LogP contribution in [0.1, 0.15) is 45.4 Å². The second kappa shape index (κ2) is 9.13. The van der Waals surface area contributed by atoms with Crippen molar-refractivity contribution in [2.24, 2.45) is 0 Å². The molecule has 136 valence electrons. The van der Waals surface area contributed by atoms with E-state index in [-0.39, 0.29) is 6.03 Å². The monoisotopic (exact) mass is 350 g/mol. The van der Waals surface area contributed by atoms with Crippen LogP contribution >= 0.6 is 0 Å². The zero-order valence-electron chi connectivity index (χ0n) is 15.3. The van der Waals surface area contributed by atoms with Crippen molar-refractivity contribution in [2.75, 3.05) is 11.9 Å². The zero-order valence-corrected chi connectivity index (χ0v) is 15.3. The lowest BCUT2D eigenvalue weighted by Crippen LogP contribution is -2.29. The van der Waals surface area contributed by atoms with Gasteiger partial charge in [0, 0.05) is 29.7 Å². The standard InChI is InChI=1S/C21H26N4O/c1-2-3-4-5-6-7-12-24-21(26)25-19-15-18-16(10-8-13-22-18)17-11-9-14-23-20(17)19/h8-11,13-15H,2-7,12H2,1H3,(H2,24,25,26). The second-order valence-corrected chi connectivity index (χ2v) is 6.54. The highest BCUT2D eigenvalue weighted by atomic mass is 16.2. The van der Waals surface area contributed by atoms with Gasteiger partial charge in [-0.05, 0) is 24.6 Å². The first-order chi connectivity index (χ1) is 12.8. The summed E-state index contributed by atoms with van der Waals surface area (Å²) in [5, 5.41) is 7.90. The van der Waals surface area contributed by atoms with Gasteiger partial charge in [0.1, 0.15) is 0 Å². The molecule has 0 radical (unpaired) electrons. The molecule has 5 heteroatoms. The third-order valence-corrected chi connectivity index (χ3v) is 4.54. The van der Waals surface area contributed by atoms with Crippen LogP contribution in [0.3, 0.4) is 0 Å². The molecule has 2 amide bonds. The molecule has 2 aromatic heterocycles. The molecule has 3 aromatic rings. The van der Waals surface area contributed by atoms with E-state index in [0.29, 0.717) is 12.2 Å². The Balaban J connectivity index is 1.63. The van der Waals surface area contributed by atoms with Crippen LogP contribution in [0.15, 0.2) is 42.7 Å². The van der Waals surface area contributed by atoms with Crippen LogP contribution in [0.4, 0.5) is 10.5 Å². The fourth-order valence-corrected chi connectivity index (χ4v) is 3.17. The van der Waals surface area contributed by atoms with Gasteiger partial charge in [0.05, 0.1) is 16.7 Å². The predicted octanol–water partition coefficient (Wildman–Crippen LogP) is 5.27. The Morgan fingerprint density at radius 1 is 0.962 bits per heavy atom. The van der Waals surface area contributed by atoms with E-state index in [1.807, 2.05) is 30.3 Å². The number of anilines is 1. The molecule has 0 bridgehead atoms. The van der Waals surface area contributed by atoms with E-state index in [1.54, 1.807) is 12.4 Å². The summed E-state index contributed by atoms with van der Waals surface area (Å²) in [5.41, 5.74) is 2.31. The van der Waals surface area contributed by atoms with Crippen molar-refractivity contribution in [2.45, 2.75) is 45.4 Å². The van der Waals surface area contributed by atoms with E-state index in [0.717, 1.165) is 34.6 Å². The van der Waals surface area contributed by atoms with Gasteiger partial charge in [-0.3, -0.25) is 9.97 Å². The number of pyridine rings is 2. The van der Waals surface area contributed by atoms with Crippen LogP contribution in [0.25, 0.3) is 21.8 Å². The molecule has 0 saturated carbocycles. The number of fused-ring (bicyclic) bond motifs is 3. The minimum Gasteiger partial charge on any atom is -0.338 e. The summed E-state index contributed by atoms with van der Waals surface area (Å²) >= 11 is 0. The lowest BCUT2D eigenvalue weighted by molar-refractivity contribution is 0.252. The first-order valence-electron chi connectivity index (χ1n) is 9.47. The van der Waals surface area contributed by atoms with Crippen LogP contribution in [-0.2, 0) is 0 Å². The Hall–Kier alpha value is -2.69. The van der Waals surface area contributed by atoms with Crippen molar-refractivity contribution in [1.82, 2.24) is 15.3 Å². The average molecular weight is 350 g/mol. The number of rotatable bonds is 8. The minimum atomic E-state index is -0.194. The van der Waals surface area contributed by atoms with Gasteiger partial charge in [0.25, 0.3) is 0 Å². The quantitative estimate of drug-likeness (QED) is 0.430. The molecule has 5 nitrogen and oxygen atoms in total. The molecule has 0 unspecified atom stereocenters. The molecule has 2 N–H and O–H groups in total. The SMILES string of the molecule is CCCCCCCCNC(=O)Nc1cc2ncccc2c2cccnc12. The highest BCUT2D eigenvalue weighted by molar-refractivity contribution is 6.12. The molecule has 0 aliphatic heterocycles. The maximum absolute atomic E-state index is 12.3. The van der Waals surface area contributed by atoms with Gasteiger partial charge in [-0.1, -0.05) is 51.2 Å². The molecular weight excluding hydrogens is 324 g/mol. The Morgan fingerprint density at radius 3 is 2.54 bits per heavy atom. The third kappa shape index (κ3) is 4.48. The summed E-state index contributed by atoms with van der Waals surface area (Å²) in [5.74, 6) is 0. The van der Waals surface area contributed by atoms with E-state index in [4.69, 9.17) is 0 Å². The van der Waals surface area contributed by atoms with Gasteiger partial charge in [-0.25, -0.2) is 4.79 Å². The molecule has 1 aromatic carbocycles. The molecule has 26 heavy (non-hydrogen) atoms. The Kier molecular flexibility index (Phi) is 6.36. The van der Waals surface area contributed by atoms with Crippen molar-refractivity contribution in [1.29, 1.82) is 0 Å². The van der Waals surface area contributed by atoms with Crippen molar-refractivity contribution in [3.05, 3.63) is 42.7 Å². The van der Waals surface area contributed by atoms with E-state index in [9.17, 15) is 4.79 Å². The van der Waals surface area contributed by atoms with Crippen LogP contribution < -0.4 is 10.6 Å². The van der Waals surface area contributed by atoms with Gasteiger partial charge in [0.15, 0.2) is 0 Å². The number of aromatic nitrogens is 2. The molecule has 0 spiro atoms. The number of nitrogens with one attached hydrogen (secondary N) is 2. The van der Waals surface area contributed by atoms with Crippen LogP contribution in [0.5, 0.6) is 0 Å². The van der Waals surface area contributed by atoms with Crippen molar-refractivity contribution in [3.63, 3.8) is 0 Å². The van der Waals surface area contributed by atoms with Crippen molar-refractivity contribution < 1.29 is 4.79 Å². The number of carbonyl (C=O) groups excluding carboxylic acids is 1. The maximum atomic E-state index is 12.3. The van der Waals surface area contributed by atoms with Crippen LogP contribution in [-0.4, -0.2) is 22.5 Å². The number of carbonyl (C=O) groups is 1. The van der Waals surface area contributed by atoms with Gasteiger partial charge in [0.2, 0.25) is 0 Å². The molecule has 3 rings (SSSR count). The number of hydrogen-bond acceptors (Lipinski definition) is 3. The molecular formula is C21H26N4O. The van der Waals surface area contributed by atoms with E-state index < -0.39 is 0 Å². The fourth-order valence-electron chi connectivity index (χ4n) is 3.17. The number of unbranched alkanes of at least 4 members (excludes halogenated alkanes) is 5. The predicted molar refractivity (Wildman–Crippen MR) is 107 cm³/mol. The highest BCUT2D eigenvalue weighted by Gasteiger charge is 2.10. The molecule has 0 saturated heterocycles. The average Bonchev–Trinajstić information content (AvgIpc) is 2.67. The van der Waals surface area contributed by atoms with Crippen molar-refractivity contribution >= 4 is 33.5 Å². The van der Waals surface area contributed by atoms with Gasteiger partial charge in [-0.15, -0.1) is 0 Å². The van der Waals surface area contributed by atoms with Gasteiger partial charge < -0.3 is 10.6 Å². The van der Waals surface area contributed by atoms with E-state index in [2.05, 4.69) is 27.5 Å². The summed E-state index contributed by atoms with van der Waals surface area (Å²) in [6.45, 7) is 2.90. The number of nitrogens with zero attached hydrogens (tertiary/aromatic N) is 2. The summed E-state index contributed by atoms with van der Waals surface area (Å²) in [6, 6.07) is 9.53. The molecule has 0 fully saturated rings. The normalized spacial score (nSPS) is 11.0. The summed E-state index contributed by atoms with van der Waals surface area (Å²) in [4.78, 5) is 21.1. The first kappa shape index (κ1) is 18.1. The maximum Gasteiger partial charge on any atom is 0.319 e. The van der Waals surface area contributed by atoms with Crippen LogP contribution in [0, 0.1) is 0 Å². The molecule has 0 aliphatic carbocycles. The fraction of sp³-hybridized carbons (Fsp3) is 0.381. The number of hydrogen-bond donors (Lipinski definition) is 2. The topological polar surface area (TPSA) is 66.9 Å². The third-order valence-electron chi connectivity index (χ3n) is 4.54. The minimum absolute atomic E-state index is 0.194. The van der Waals surface area contributed by atoms with E-state index >= 15 is 0 Å². The summed E-state index contributed by atoms with van der Waals surface area (Å²) in [6.07, 6.45) is 10.7. The second-order valence-electron chi connectivity index (χ2n) is 6.54. The van der Waals surface area contributed by atoms with Gasteiger partial charge in [-0.2, -0.15) is 0 Å². The van der Waals surface area contributed by atoms with Crippen LogP contribution in [0.2, 0.25) is 0 Å². The number of urea groups is 1. The lowest BCUT2D eigenvalue weighted by atomic mass is 10.1. The number of benzene rings is 1.